The summed E-state index contributed by atoms with van der Waals surface area (Å²) in [5, 5.41) is 9.13. The lowest BCUT2D eigenvalue weighted by molar-refractivity contribution is -0.118. The number of nitrogens with one attached hydrogen (secondary N) is 1. The van der Waals surface area contributed by atoms with Gasteiger partial charge in [-0.3, -0.25) is 10.2 Å². The van der Waals surface area contributed by atoms with Gasteiger partial charge in [0.25, 0.3) is 0 Å². The molecule has 0 saturated heterocycles. The number of hydrogen-bond donors (Lipinski definition) is 1. The molecule has 2 heterocycles. The van der Waals surface area contributed by atoms with Crippen LogP contribution >= 0.6 is 0 Å². The smallest absolute Gasteiger partial charge is 0.228 e. The molecule has 0 bridgehead atoms. The molecule has 1 atom stereocenters. The monoisotopic (exact) mass is 485 g/mol. The highest BCUT2D eigenvalue weighted by atomic mass is 16.5. The highest BCUT2D eigenvalue weighted by Gasteiger charge is 2.43. The van der Waals surface area contributed by atoms with E-state index in [0.717, 1.165) is 11.1 Å². The Kier molecular flexibility index (Phi) is 6.16. The summed E-state index contributed by atoms with van der Waals surface area (Å²) in [7, 11) is 3.23. The topological polar surface area (TPSA) is 86.4 Å². The Labute approximate surface area is 210 Å². The van der Waals surface area contributed by atoms with Gasteiger partial charge in [-0.1, -0.05) is 50.2 Å². The van der Waals surface area contributed by atoms with Crippen molar-refractivity contribution in [2.75, 3.05) is 14.2 Å². The van der Waals surface area contributed by atoms with Crippen LogP contribution in [0.2, 0.25) is 0 Å². The lowest BCUT2D eigenvalue weighted by atomic mass is 9.70. The first-order chi connectivity index (χ1) is 17.3. The third-order valence-electron chi connectivity index (χ3n) is 6.99. The van der Waals surface area contributed by atoms with Gasteiger partial charge < -0.3 is 18.8 Å². The third kappa shape index (κ3) is 4.30. The molecule has 2 aliphatic rings. The molecular weight excluding hydrogens is 454 g/mol. The molecule has 1 aromatic heterocycles. The van der Waals surface area contributed by atoms with Gasteiger partial charge in [-0.05, 0) is 35.1 Å². The fraction of sp³-hybridized carbons (Fsp3) is 0.345. The van der Waals surface area contributed by atoms with Gasteiger partial charge in [0.1, 0.15) is 17.6 Å². The number of aryl methyl sites for hydroxylation is 2. The standard InChI is InChI=1S/C29H31N3O4/c1-29(2)15-20(33)25-23(16-29)36-28-26(24(25)19-8-6-5-7-9-19)27(30)32(17-31-28)13-12-18-10-11-21(34-3)22(14-18)35-4/h5-11,14,17,24,30H,12-13,15-16H2,1-4H3/t24-/m1/s1. The number of carbonyl (C=O) groups is 1. The van der Waals surface area contributed by atoms with Crippen LogP contribution in [0.5, 0.6) is 17.4 Å². The fourth-order valence-corrected chi connectivity index (χ4v) is 5.23. The summed E-state index contributed by atoms with van der Waals surface area (Å²) < 4.78 is 18.8. The lowest BCUT2D eigenvalue weighted by Gasteiger charge is -2.37. The van der Waals surface area contributed by atoms with Crippen LogP contribution in [0.3, 0.4) is 0 Å². The van der Waals surface area contributed by atoms with Crippen molar-refractivity contribution < 1.29 is 19.0 Å². The van der Waals surface area contributed by atoms with E-state index in [2.05, 4.69) is 18.8 Å². The summed E-state index contributed by atoms with van der Waals surface area (Å²) in [5.41, 5.74) is 3.47. The number of nitrogens with zero attached hydrogens (tertiary/aromatic N) is 2. The van der Waals surface area contributed by atoms with Crippen LogP contribution in [0.1, 0.15) is 49.3 Å². The van der Waals surface area contributed by atoms with Crippen LogP contribution in [-0.4, -0.2) is 29.6 Å². The molecular formula is C29H31N3O4. The molecule has 0 saturated carbocycles. The van der Waals surface area contributed by atoms with E-state index in [1.165, 1.54) is 0 Å². The van der Waals surface area contributed by atoms with Crippen molar-refractivity contribution in [1.82, 2.24) is 9.55 Å². The minimum Gasteiger partial charge on any atom is -0.493 e. The zero-order valence-corrected chi connectivity index (χ0v) is 21.1. The van der Waals surface area contributed by atoms with E-state index in [4.69, 9.17) is 19.6 Å². The number of fused-ring (bicyclic) bond motifs is 1. The maximum atomic E-state index is 13.4. The Morgan fingerprint density at radius 2 is 1.83 bits per heavy atom. The van der Waals surface area contributed by atoms with Crippen molar-refractivity contribution in [2.45, 2.75) is 45.6 Å². The summed E-state index contributed by atoms with van der Waals surface area (Å²) in [6.07, 6.45) is 3.46. The number of allylic oxidation sites excluding steroid dienone is 2. The number of methoxy groups -OCH3 is 2. The van der Waals surface area contributed by atoms with Crippen molar-refractivity contribution in [3.8, 4) is 17.4 Å². The van der Waals surface area contributed by atoms with Gasteiger partial charge in [0, 0.05) is 30.9 Å². The first kappa shape index (κ1) is 23.9. The molecule has 0 amide bonds. The van der Waals surface area contributed by atoms with Crippen LogP contribution in [-0.2, 0) is 17.8 Å². The van der Waals surface area contributed by atoms with Gasteiger partial charge >= 0.3 is 0 Å². The lowest BCUT2D eigenvalue weighted by Crippen LogP contribution is -2.37. The van der Waals surface area contributed by atoms with E-state index in [0.29, 0.717) is 65.6 Å². The maximum Gasteiger partial charge on any atom is 0.228 e. The van der Waals surface area contributed by atoms with Crippen LogP contribution in [0, 0.1) is 10.8 Å². The fourth-order valence-electron chi connectivity index (χ4n) is 5.23. The number of carbonyl (C=O) groups excluding carboxylic acids is 1. The number of rotatable bonds is 6. The van der Waals surface area contributed by atoms with Crippen molar-refractivity contribution in [1.29, 1.82) is 5.41 Å². The minimum atomic E-state index is -0.373. The Morgan fingerprint density at radius 1 is 1.08 bits per heavy atom. The first-order valence-electron chi connectivity index (χ1n) is 12.1. The van der Waals surface area contributed by atoms with Gasteiger partial charge in [-0.15, -0.1) is 0 Å². The number of hydrogen-bond acceptors (Lipinski definition) is 6. The number of aromatic nitrogens is 2. The summed E-state index contributed by atoms with van der Waals surface area (Å²) in [6, 6.07) is 15.7. The average Bonchev–Trinajstić information content (AvgIpc) is 2.86. The van der Waals surface area contributed by atoms with Crippen molar-refractivity contribution in [3.05, 3.63) is 88.4 Å². The summed E-state index contributed by atoms with van der Waals surface area (Å²) in [5.74, 6) is 2.17. The Balaban J connectivity index is 1.54. The highest BCUT2D eigenvalue weighted by molar-refractivity contribution is 6.00. The molecule has 1 aliphatic heterocycles. The molecule has 36 heavy (non-hydrogen) atoms. The molecule has 0 fully saturated rings. The predicted molar refractivity (Wildman–Crippen MR) is 135 cm³/mol. The second-order valence-electron chi connectivity index (χ2n) is 10.2. The molecule has 2 aromatic carbocycles. The van der Waals surface area contributed by atoms with Crippen molar-refractivity contribution in [3.63, 3.8) is 0 Å². The maximum absolute atomic E-state index is 13.4. The minimum absolute atomic E-state index is 0.0842. The molecule has 7 heteroatoms. The SMILES string of the molecule is COc1ccc(CCn2cnc3c(c2=N)[C@H](c2ccccc2)C2=C(CC(C)(C)CC2=O)O3)cc1OC. The quantitative estimate of drug-likeness (QED) is 0.543. The van der Waals surface area contributed by atoms with Gasteiger partial charge in [0.15, 0.2) is 17.3 Å². The van der Waals surface area contributed by atoms with Crippen molar-refractivity contribution >= 4 is 5.78 Å². The van der Waals surface area contributed by atoms with E-state index in [1.54, 1.807) is 20.5 Å². The van der Waals surface area contributed by atoms with Gasteiger partial charge in [0.05, 0.1) is 19.8 Å². The van der Waals surface area contributed by atoms with Gasteiger partial charge in [-0.2, -0.15) is 0 Å². The summed E-state index contributed by atoms with van der Waals surface area (Å²) in [6.45, 7) is 4.71. The largest absolute Gasteiger partial charge is 0.493 e. The van der Waals surface area contributed by atoms with Crippen molar-refractivity contribution in [2.24, 2.45) is 5.41 Å². The number of ether oxygens (including phenoxy) is 3. The zero-order chi connectivity index (χ0) is 25.4. The second kappa shape index (κ2) is 9.30. The van der Waals surface area contributed by atoms with E-state index < -0.39 is 0 Å². The van der Waals surface area contributed by atoms with Gasteiger partial charge in [-0.25, -0.2) is 4.98 Å². The Morgan fingerprint density at radius 3 is 2.56 bits per heavy atom. The van der Waals surface area contributed by atoms with E-state index in [9.17, 15) is 4.79 Å². The molecule has 1 aliphatic carbocycles. The Bertz CT molecular complexity index is 1410. The van der Waals surface area contributed by atoms with E-state index in [-0.39, 0.29) is 17.1 Å². The predicted octanol–water partition coefficient (Wildman–Crippen LogP) is 4.79. The van der Waals surface area contributed by atoms with Crippen LogP contribution in [0.25, 0.3) is 0 Å². The number of ketones is 1. The van der Waals surface area contributed by atoms with E-state index >= 15 is 0 Å². The third-order valence-corrected chi connectivity index (χ3v) is 6.99. The molecule has 3 aromatic rings. The molecule has 7 nitrogen and oxygen atoms in total. The van der Waals surface area contributed by atoms with Crippen LogP contribution in [0.4, 0.5) is 0 Å². The van der Waals surface area contributed by atoms with Crippen LogP contribution < -0.4 is 19.7 Å². The number of benzene rings is 2. The summed E-state index contributed by atoms with van der Waals surface area (Å²) >= 11 is 0. The molecule has 0 spiro atoms. The molecule has 0 unspecified atom stereocenters. The Hall–Kier alpha value is -3.87. The average molecular weight is 486 g/mol. The molecule has 5 rings (SSSR count). The summed E-state index contributed by atoms with van der Waals surface area (Å²) in [4.78, 5) is 18.0. The normalized spacial score (nSPS) is 18.2. The first-order valence-corrected chi connectivity index (χ1v) is 12.1. The second-order valence-corrected chi connectivity index (χ2v) is 10.2. The molecule has 186 valence electrons. The highest BCUT2D eigenvalue weighted by Crippen LogP contribution is 2.48. The number of Topliss-reactive ketones (excluding diaryl/α,β-unsaturated/α-hetero) is 1. The van der Waals surface area contributed by atoms with E-state index in [1.807, 2.05) is 53.1 Å². The van der Waals surface area contributed by atoms with Crippen LogP contribution in [0.15, 0.2) is 66.2 Å². The zero-order valence-electron chi connectivity index (χ0n) is 21.1. The van der Waals surface area contributed by atoms with Gasteiger partial charge in [0.2, 0.25) is 5.88 Å². The molecule has 1 N–H and O–H groups in total. The molecule has 0 radical (unpaired) electrons.